The van der Waals surface area contributed by atoms with Crippen LogP contribution in [0.5, 0.6) is 0 Å². The summed E-state index contributed by atoms with van der Waals surface area (Å²) in [7, 11) is 0. The van der Waals surface area contributed by atoms with Crippen molar-refractivity contribution in [2.45, 2.75) is 161 Å². The standard InChI is InChI=1S/C48H86N14O9/c1-7-30(6)13-14-40(63)56-33(15-20-49)43(66)55-24-19-32(53)42(65)57-34(16-21-50)46(69)61-38(26-29(4)5)47(70)62-39(27-31-11-9-8-10-12-31)48(71)59-35(17-22-51)44(67)58-36(18-23-52)45(68)60-37(41(54)64)25-28(2)3/h8-12,28-30,32-39H,7,13-27,49-53H2,1-6H3,(H2,54,64)(H,55,66)(H,56,63)(H,57,65)(H,58,67)(H,59,71)(H,60,68)(H,61,69)(H,62,70)/t30?,32-,33?,34-,35-,36-,37-,38-,39+/m0/s1. The highest BCUT2D eigenvalue weighted by Gasteiger charge is 2.34. The number of hydrogen-bond acceptors (Lipinski definition) is 14. The monoisotopic (exact) mass is 1000 g/mol. The zero-order valence-electron chi connectivity index (χ0n) is 42.7. The molecule has 0 heterocycles. The number of benzene rings is 1. The van der Waals surface area contributed by atoms with Gasteiger partial charge in [0.2, 0.25) is 53.2 Å². The van der Waals surface area contributed by atoms with E-state index in [2.05, 4.69) is 42.5 Å². The average Bonchev–Trinajstić information content (AvgIpc) is 3.31. The predicted octanol–water partition coefficient (Wildman–Crippen LogP) is -2.74. The second kappa shape index (κ2) is 34.6. The van der Waals surface area contributed by atoms with Crippen molar-refractivity contribution in [3.63, 3.8) is 0 Å². The fourth-order valence-electron chi connectivity index (χ4n) is 7.32. The molecule has 0 aliphatic heterocycles. The van der Waals surface area contributed by atoms with Crippen LogP contribution in [0.2, 0.25) is 0 Å². The molecule has 1 aromatic carbocycles. The van der Waals surface area contributed by atoms with Crippen molar-refractivity contribution >= 4 is 53.2 Å². The van der Waals surface area contributed by atoms with Gasteiger partial charge in [0.1, 0.15) is 42.3 Å². The van der Waals surface area contributed by atoms with Crippen molar-refractivity contribution in [3.8, 4) is 0 Å². The van der Waals surface area contributed by atoms with Crippen LogP contribution in [0.3, 0.4) is 0 Å². The van der Waals surface area contributed by atoms with Gasteiger partial charge in [0.15, 0.2) is 0 Å². The van der Waals surface area contributed by atoms with E-state index in [4.69, 9.17) is 34.4 Å². The molecule has 0 aromatic heterocycles. The highest BCUT2D eigenvalue weighted by molar-refractivity contribution is 5.97. The first-order valence-corrected chi connectivity index (χ1v) is 24.9. The van der Waals surface area contributed by atoms with Gasteiger partial charge in [-0.25, -0.2) is 0 Å². The Balaban J connectivity index is 3.22. The van der Waals surface area contributed by atoms with Gasteiger partial charge in [-0.2, -0.15) is 0 Å². The van der Waals surface area contributed by atoms with E-state index in [9.17, 15) is 43.2 Å². The average molecular weight is 1000 g/mol. The highest BCUT2D eigenvalue weighted by Crippen LogP contribution is 2.12. The lowest BCUT2D eigenvalue weighted by molar-refractivity contribution is -0.135. The molecule has 23 nitrogen and oxygen atoms in total. The maximum atomic E-state index is 14.2. The Kier molecular flexibility index (Phi) is 30.8. The number of hydrogen-bond donors (Lipinski definition) is 14. The van der Waals surface area contributed by atoms with E-state index in [1.165, 1.54) is 0 Å². The topological polar surface area (TPSA) is 406 Å². The number of nitrogens with one attached hydrogen (secondary N) is 8. The first-order chi connectivity index (χ1) is 33.6. The van der Waals surface area contributed by atoms with Crippen LogP contribution in [0.25, 0.3) is 0 Å². The molecular weight excluding hydrogens is 917 g/mol. The van der Waals surface area contributed by atoms with E-state index in [1.54, 1.807) is 30.3 Å². The molecule has 0 saturated heterocycles. The van der Waals surface area contributed by atoms with Gasteiger partial charge in [-0.05, 0) is 101 Å². The minimum atomic E-state index is -1.30. The summed E-state index contributed by atoms with van der Waals surface area (Å²) < 4.78 is 0. The third kappa shape index (κ3) is 25.3. The molecule has 23 heteroatoms. The molecule has 0 bridgehead atoms. The van der Waals surface area contributed by atoms with E-state index in [0.717, 1.165) is 6.42 Å². The SMILES string of the molecule is CCC(C)CCC(=O)NC(CCN)C(=O)NCC[C@H](N)C(=O)N[C@@H](CCN)C(=O)N[C@@H](CC(C)C)C(=O)N[C@H](Cc1ccccc1)C(=O)N[C@@H](CCN)C(=O)N[C@@H](CCN)C(=O)N[C@@H](CC(C)C)C(N)=O. The number of amides is 9. The molecule has 1 aromatic rings. The Hall–Kier alpha value is -5.75. The first-order valence-electron chi connectivity index (χ1n) is 24.9. The van der Waals surface area contributed by atoms with E-state index in [1.807, 2.05) is 41.5 Å². The van der Waals surface area contributed by atoms with Crippen LogP contribution in [0.1, 0.15) is 111 Å². The maximum absolute atomic E-state index is 14.2. The van der Waals surface area contributed by atoms with Crippen LogP contribution in [0.15, 0.2) is 30.3 Å². The zero-order valence-corrected chi connectivity index (χ0v) is 42.7. The third-order valence-corrected chi connectivity index (χ3v) is 11.6. The van der Waals surface area contributed by atoms with Crippen molar-refractivity contribution in [1.29, 1.82) is 0 Å². The minimum Gasteiger partial charge on any atom is -0.368 e. The summed E-state index contributed by atoms with van der Waals surface area (Å²) in [6.07, 6.45) is 2.27. The lowest BCUT2D eigenvalue weighted by atomic mass is 10.00. The summed E-state index contributed by atoms with van der Waals surface area (Å²) in [6.45, 7) is 11.5. The molecule has 1 rings (SSSR count). The summed E-state index contributed by atoms with van der Waals surface area (Å²) in [6, 6.07) is -0.507. The molecular formula is C48H86N14O9. The van der Waals surface area contributed by atoms with Crippen molar-refractivity contribution < 1.29 is 43.2 Å². The highest BCUT2D eigenvalue weighted by atomic mass is 16.2. The van der Waals surface area contributed by atoms with Crippen LogP contribution < -0.4 is 76.9 Å². The van der Waals surface area contributed by atoms with E-state index >= 15 is 0 Å². The van der Waals surface area contributed by atoms with E-state index in [-0.39, 0.29) is 108 Å². The van der Waals surface area contributed by atoms with Crippen molar-refractivity contribution in [2.24, 2.45) is 52.2 Å². The van der Waals surface area contributed by atoms with Gasteiger partial charge in [0.25, 0.3) is 0 Å². The van der Waals surface area contributed by atoms with Gasteiger partial charge in [0, 0.05) is 19.4 Å². The molecule has 9 amide bonds. The summed E-state index contributed by atoms with van der Waals surface area (Å²) in [4.78, 5) is 120. The first kappa shape index (κ1) is 63.3. The summed E-state index contributed by atoms with van der Waals surface area (Å²) in [5.74, 6) is -5.72. The third-order valence-electron chi connectivity index (χ3n) is 11.6. The van der Waals surface area contributed by atoms with Crippen molar-refractivity contribution in [3.05, 3.63) is 35.9 Å². The van der Waals surface area contributed by atoms with Gasteiger partial charge in [0.05, 0.1) is 6.04 Å². The fraction of sp³-hybridized carbons (Fsp3) is 0.688. The number of carbonyl (C=O) groups excluding carboxylic acids is 9. The maximum Gasteiger partial charge on any atom is 0.243 e. The number of nitrogens with two attached hydrogens (primary N) is 6. The predicted molar refractivity (Wildman–Crippen MR) is 271 cm³/mol. The second-order valence-corrected chi connectivity index (χ2v) is 18.9. The summed E-state index contributed by atoms with van der Waals surface area (Å²) in [5.41, 5.74) is 35.5. The lowest BCUT2D eigenvalue weighted by Crippen LogP contribution is -2.60. The van der Waals surface area contributed by atoms with Gasteiger partial charge in [-0.15, -0.1) is 0 Å². The molecule has 0 radical (unpaired) electrons. The lowest BCUT2D eigenvalue weighted by Gasteiger charge is -2.28. The van der Waals surface area contributed by atoms with Gasteiger partial charge < -0.3 is 76.9 Å². The molecule has 0 fully saturated rings. The Morgan fingerprint density at radius 2 is 0.873 bits per heavy atom. The van der Waals surface area contributed by atoms with Crippen LogP contribution in [0.4, 0.5) is 0 Å². The van der Waals surface area contributed by atoms with Gasteiger partial charge >= 0.3 is 0 Å². The van der Waals surface area contributed by atoms with Gasteiger partial charge in [-0.3, -0.25) is 43.2 Å². The molecule has 0 spiro atoms. The van der Waals surface area contributed by atoms with Gasteiger partial charge in [-0.1, -0.05) is 78.3 Å². The molecule has 71 heavy (non-hydrogen) atoms. The van der Waals surface area contributed by atoms with Crippen LogP contribution >= 0.6 is 0 Å². The molecule has 0 aliphatic carbocycles. The Bertz CT molecular complexity index is 1840. The van der Waals surface area contributed by atoms with Crippen LogP contribution in [-0.4, -0.2) is 134 Å². The second-order valence-electron chi connectivity index (χ2n) is 18.9. The Morgan fingerprint density at radius 1 is 0.479 bits per heavy atom. The number of rotatable bonds is 36. The smallest absolute Gasteiger partial charge is 0.243 e. The zero-order chi connectivity index (χ0) is 53.6. The molecule has 9 atom stereocenters. The fourth-order valence-corrected chi connectivity index (χ4v) is 7.32. The summed E-state index contributed by atoms with van der Waals surface area (Å²) >= 11 is 0. The largest absolute Gasteiger partial charge is 0.368 e. The summed E-state index contributed by atoms with van der Waals surface area (Å²) in [5, 5.41) is 21.3. The molecule has 0 saturated carbocycles. The van der Waals surface area contributed by atoms with E-state index in [0.29, 0.717) is 17.9 Å². The normalized spacial score (nSPS) is 15.1. The molecule has 2 unspecified atom stereocenters. The Labute approximate surface area is 419 Å². The van der Waals surface area contributed by atoms with Crippen LogP contribution in [0, 0.1) is 17.8 Å². The molecule has 20 N–H and O–H groups in total. The number of carbonyl (C=O) groups is 9. The van der Waals surface area contributed by atoms with E-state index < -0.39 is 95.6 Å². The molecule has 402 valence electrons. The van der Waals surface area contributed by atoms with Crippen LogP contribution in [-0.2, 0) is 49.6 Å². The van der Waals surface area contributed by atoms with Crippen molar-refractivity contribution in [1.82, 2.24) is 42.5 Å². The molecule has 0 aliphatic rings. The quantitative estimate of drug-likeness (QED) is 0.0325. The van der Waals surface area contributed by atoms with Crippen molar-refractivity contribution in [2.75, 3.05) is 32.7 Å². The Morgan fingerprint density at radius 3 is 1.32 bits per heavy atom. The minimum absolute atomic E-state index is 0.00975. The number of primary amides is 1.